The third kappa shape index (κ3) is 1.65. The van der Waals surface area contributed by atoms with Crippen LogP contribution >= 0.6 is 11.6 Å². The maximum absolute atomic E-state index is 6.26. The van der Waals surface area contributed by atoms with E-state index in [0.717, 1.165) is 17.8 Å². The van der Waals surface area contributed by atoms with Crippen LogP contribution in [0.25, 0.3) is 11.4 Å². The van der Waals surface area contributed by atoms with Gasteiger partial charge in [-0.3, -0.25) is 4.57 Å². The molecule has 0 atom stereocenters. The van der Waals surface area contributed by atoms with Crippen molar-refractivity contribution >= 4 is 11.6 Å². The molecular weight excluding hydrogens is 246 g/mol. The van der Waals surface area contributed by atoms with Crippen molar-refractivity contribution in [2.75, 3.05) is 0 Å². The largest absolute Gasteiger partial charge is 0.292 e. The molecule has 3 rings (SSSR count). The highest BCUT2D eigenvalue weighted by molar-refractivity contribution is 6.28. The molecule has 94 valence electrons. The normalized spacial score (nSPS) is 17.4. The fraction of sp³-hybridized carbons (Fsp3) is 0.429. The fourth-order valence-electron chi connectivity index (χ4n) is 2.78. The molecule has 1 aromatic carbocycles. The Kier molecular flexibility index (Phi) is 2.86. The first-order valence-corrected chi connectivity index (χ1v) is 6.81. The van der Waals surface area contributed by atoms with E-state index in [2.05, 4.69) is 33.8 Å². The van der Waals surface area contributed by atoms with Gasteiger partial charge in [-0.05, 0) is 37.3 Å². The van der Waals surface area contributed by atoms with Crippen molar-refractivity contribution in [3.05, 3.63) is 35.6 Å². The summed E-state index contributed by atoms with van der Waals surface area (Å²) < 4.78 is 2.13. The fourth-order valence-corrected chi connectivity index (χ4v) is 3.08. The molecule has 1 aromatic heterocycles. The zero-order valence-electron chi connectivity index (χ0n) is 10.4. The lowest BCUT2D eigenvalue weighted by Gasteiger charge is -2.43. The zero-order chi connectivity index (χ0) is 12.6. The summed E-state index contributed by atoms with van der Waals surface area (Å²) in [5.41, 5.74) is 1.21. The van der Waals surface area contributed by atoms with Crippen LogP contribution in [-0.2, 0) is 5.54 Å². The summed E-state index contributed by atoms with van der Waals surface area (Å²) in [6.07, 6.45) is 4.67. The van der Waals surface area contributed by atoms with Crippen LogP contribution in [0.5, 0.6) is 0 Å². The summed E-state index contributed by atoms with van der Waals surface area (Å²) in [6, 6.07) is 10.1. The van der Waals surface area contributed by atoms with Gasteiger partial charge in [-0.25, -0.2) is 0 Å². The Bertz CT molecular complexity index is 538. The topological polar surface area (TPSA) is 30.7 Å². The summed E-state index contributed by atoms with van der Waals surface area (Å²) in [4.78, 5) is 0. The predicted molar refractivity (Wildman–Crippen MR) is 72.6 cm³/mol. The lowest BCUT2D eigenvalue weighted by molar-refractivity contribution is 0.138. The van der Waals surface area contributed by atoms with Crippen LogP contribution in [0, 0.1) is 0 Å². The molecule has 4 heteroatoms. The molecule has 18 heavy (non-hydrogen) atoms. The van der Waals surface area contributed by atoms with Crippen LogP contribution in [0.15, 0.2) is 30.3 Å². The first-order valence-electron chi connectivity index (χ1n) is 6.44. The zero-order valence-corrected chi connectivity index (χ0v) is 11.2. The highest BCUT2D eigenvalue weighted by Gasteiger charge is 2.40. The van der Waals surface area contributed by atoms with E-state index < -0.39 is 0 Å². The van der Waals surface area contributed by atoms with Gasteiger partial charge in [0.05, 0.1) is 0 Å². The van der Waals surface area contributed by atoms with Crippen LogP contribution in [0.1, 0.15) is 32.6 Å². The molecule has 1 fully saturated rings. The lowest BCUT2D eigenvalue weighted by atomic mass is 9.74. The van der Waals surface area contributed by atoms with Gasteiger partial charge in [0.1, 0.15) is 0 Å². The van der Waals surface area contributed by atoms with Crippen molar-refractivity contribution in [2.24, 2.45) is 0 Å². The molecule has 0 radical (unpaired) electrons. The first-order chi connectivity index (χ1) is 8.77. The molecule has 3 nitrogen and oxygen atoms in total. The van der Waals surface area contributed by atoms with Crippen molar-refractivity contribution in [3.63, 3.8) is 0 Å². The molecule has 0 saturated heterocycles. The van der Waals surface area contributed by atoms with Crippen molar-refractivity contribution in [3.8, 4) is 11.4 Å². The van der Waals surface area contributed by atoms with Crippen LogP contribution in [0.4, 0.5) is 0 Å². The van der Waals surface area contributed by atoms with Gasteiger partial charge in [0.25, 0.3) is 0 Å². The highest BCUT2D eigenvalue weighted by atomic mass is 35.5. The minimum atomic E-state index is 0.131. The van der Waals surface area contributed by atoms with E-state index in [9.17, 15) is 0 Å². The summed E-state index contributed by atoms with van der Waals surface area (Å²) in [7, 11) is 0. The summed E-state index contributed by atoms with van der Waals surface area (Å²) in [5.74, 6) is 0.891. The van der Waals surface area contributed by atoms with Gasteiger partial charge in [0.15, 0.2) is 5.82 Å². The molecule has 0 bridgehead atoms. The van der Waals surface area contributed by atoms with Crippen LogP contribution in [0.2, 0.25) is 5.28 Å². The monoisotopic (exact) mass is 261 g/mol. The van der Waals surface area contributed by atoms with E-state index >= 15 is 0 Å². The third-order valence-electron chi connectivity index (χ3n) is 4.07. The van der Waals surface area contributed by atoms with E-state index in [1.54, 1.807) is 0 Å². The van der Waals surface area contributed by atoms with Gasteiger partial charge in [-0.1, -0.05) is 37.3 Å². The number of rotatable bonds is 3. The second-order valence-electron chi connectivity index (χ2n) is 4.93. The molecule has 0 N–H and O–H groups in total. The molecule has 0 amide bonds. The minimum Gasteiger partial charge on any atom is -0.292 e. The molecule has 0 unspecified atom stereocenters. The Hall–Kier alpha value is -1.35. The van der Waals surface area contributed by atoms with Crippen molar-refractivity contribution in [1.29, 1.82) is 0 Å². The summed E-state index contributed by atoms with van der Waals surface area (Å²) in [6.45, 7) is 2.21. The molecule has 0 aliphatic heterocycles. The van der Waals surface area contributed by atoms with Crippen LogP contribution < -0.4 is 0 Å². The molecule has 1 heterocycles. The number of benzene rings is 1. The van der Waals surface area contributed by atoms with Crippen molar-refractivity contribution in [2.45, 2.75) is 38.1 Å². The Balaban J connectivity index is 2.13. The molecular formula is C14H16ClN3. The number of hydrogen-bond acceptors (Lipinski definition) is 2. The third-order valence-corrected chi connectivity index (χ3v) is 4.32. The summed E-state index contributed by atoms with van der Waals surface area (Å²) in [5, 5.41) is 8.84. The van der Waals surface area contributed by atoms with E-state index in [-0.39, 0.29) is 5.54 Å². The van der Waals surface area contributed by atoms with Gasteiger partial charge in [-0.15, -0.1) is 10.2 Å². The number of nitrogens with zero attached hydrogens (tertiary/aromatic N) is 3. The van der Waals surface area contributed by atoms with Crippen molar-refractivity contribution < 1.29 is 0 Å². The Morgan fingerprint density at radius 2 is 1.94 bits per heavy atom. The van der Waals surface area contributed by atoms with Gasteiger partial charge < -0.3 is 0 Å². The molecule has 0 spiro atoms. The molecule has 1 aliphatic rings. The lowest BCUT2D eigenvalue weighted by Crippen LogP contribution is -2.40. The Labute approximate surface area is 112 Å². The predicted octanol–water partition coefficient (Wildman–Crippen LogP) is 3.89. The smallest absolute Gasteiger partial charge is 0.225 e. The van der Waals surface area contributed by atoms with Gasteiger partial charge in [0.2, 0.25) is 5.28 Å². The Morgan fingerprint density at radius 3 is 2.50 bits per heavy atom. The number of aromatic nitrogens is 3. The van der Waals surface area contributed by atoms with E-state index in [1.165, 1.54) is 19.3 Å². The second-order valence-corrected chi connectivity index (χ2v) is 5.26. The molecule has 1 saturated carbocycles. The maximum Gasteiger partial charge on any atom is 0.225 e. The molecule has 2 aromatic rings. The first kappa shape index (κ1) is 11.7. The van der Waals surface area contributed by atoms with Crippen LogP contribution in [0.3, 0.4) is 0 Å². The van der Waals surface area contributed by atoms with Crippen LogP contribution in [-0.4, -0.2) is 14.8 Å². The van der Waals surface area contributed by atoms with E-state index in [1.807, 2.05) is 18.2 Å². The van der Waals surface area contributed by atoms with Gasteiger partial charge in [-0.2, -0.15) is 0 Å². The average molecular weight is 262 g/mol. The average Bonchev–Trinajstić information content (AvgIpc) is 2.73. The molecule has 1 aliphatic carbocycles. The summed E-state index contributed by atoms with van der Waals surface area (Å²) >= 11 is 6.26. The van der Waals surface area contributed by atoms with E-state index in [4.69, 9.17) is 11.6 Å². The van der Waals surface area contributed by atoms with Crippen molar-refractivity contribution in [1.82, 2.24) is 14.8 Å². The number of halogens is 1. The van der Waals surface area contributed by atoms with Gasteiger partial charge >= 0.3 is 0 Å². The maximum atomic E-state index is 6.26. The standard InChI is InChI=1S/C14H16ClN3/c1-2-14(9-6-10-14)18-12(16-17-13(18)15)11-7-4-3-5-8-11/h3-5,7-8H,2,6,9-10H2,1H3. The quantitative estimate of drug-likeness (QED) is 0.839. The van der Waals surface area contributed by atoms with E-state index in [0.29, 0.717) is 5.28 Å². The highest BCUT2D eigenvalue weighted by Crippen LogP contribution is 2.45. The minimum absolute atomic E-state index is 0.131. The Morgan fingerprint density at radius 1 is 1.22 bits per heavy atom. The second kappa shape index (κ2) is 4.39. The SMILES string of the molecule is CCC1(n2c(Cl)nnc2-c2ccccc2)CCC1. The number of hydrogen-bond donors (Lipinski definition) is 0. The van der Waals surface area contributed by atoms with Gasteiger partial charge in [0, 0.05) is 11.1 Å².